The number of benzene rings is 3. The van der Waals surface area contributed by atoms with Crippen molar-refractivity contribution < 1.29 is 28.5 Å². The van der Waals surface area contributed by atoms with Gasteiger partial charge in [-0.25, -0.2) is 0 Å². The van der Waals surface area contributed by atoms with Crippen LogP contribution in [-0.2, 0) is 24.2 Å². The van der Waals surface area contributed by atoms with Gasteiger partial charge >= 0.3 is 0 Å². The highest BCUT2D eigenvalue weighted by Gasteiger charge is 2.16. The number of ether oxygens (including phenoxy) is 5. The zero-order valence-corrected chi connectivity index (χ0v) is 25.5. The molecule has 0 unspecified atom stereocenters. The number of rotatable bonds is 9. The number of methoxy groups -OCH3 is 3. The molecule has 226 valence electrons. The van der Waals surface area contributed by atoms with E-state index < -0.39 is 0 Å². The molecule has 0 spiro atoms. The molecule has 4 rings (SSSR count). The van der Waals surface area contributed by atoms with Crippen LogP contribution in [-0.4, -0.2) is 65.0 Å². The SMILES string of the molecule is COc1cc(CNC(=O)c2ccc3c(c2)Cc2cccc(c2)CN(CCC(C)C)CCOCCO3)cc(OC)c1OC. The van der Waals surface area contributed by atoms with Crippen LogP contribution in [0.3, 0.4) is 0 Å². The average Bonchev–Trinajstić information content (AvgIpc) is 2.99. The van der Waals surface area contributed by atoms with E-state index in [1.807, 2.05) is 24.3 Å². The molecule has 1 amide bonds. The van der Waals surface area contributed by atoms with Crippen LogP contribution in [0.4, 0.5) is 0 Å². The van der Waals surface area contributed by atoms with Crippen LogP contribution in [0, 0.1) is 5.92 Å². The summed E-state index contributed by atoms with van der Waals surface area (Å²) in [7, 11) is 4.71. The van der Waals surface area contributed by atoms with E-state index in [0.717, 1.165) is 42.9 Å². The lowest BCUT2D eigenvalue weighted by Gasteiger charge is -2.24. The van der Waals surface area contributed by atoms with Crippen LogP contribution in [0.25, 0.3) is 0 Å². The molecule has 0 saturated heterocycles. The summed E-state index contributed by atoms with van der Waals surface area (Å²) < 4.78 is 28.4. The predicted molar refractivity (Wildman–Crippen MR) is 164 cm³/mol. The third-order valence-electron chi connectivity index (χ3n) is 7.35. The van der Waals surface area contributed by atoms with Crippen LogP contribution in [0.2, 0.25) is 0 Å². The molecule has 42 heavy (non-hydrogen) atoms. The molecule has 0 saturated carbocycles. The molecule has 1 aliphatic heterocycles. The first kappa shape index (κ1) is 31.2. The summed E-state index contributed by atoms with van der Waals surface area (Å²) in [6.45, 7) is 9.27. The van der Waals surface area contributed by atoms with Gasteiger partial charge in [0.05, 0.1) is 34.5 Å². The van der Waals surface area contributed by atoms with E-state index in [-0.39, 0.29) is 5.91 Å². The number of fused-ring (bicyclic) bond motifs is 3. The Bertz CT molecular complexity index is 1300. The lowest BCUT2D eigenvalue weighted by atomic mass is 9.99. The Kier molecular flexibility index (Phi) is 11.5. The molecule has 3 aromatic carbocycles. The Labute approximate surface area is 249 Å². The first-order valence-electron chi connectivity index (χ1n) is 14.6. The second kappa shape index (κ2) is 15.5. The first-order chi connectivity index (χ1) is 20.4. The van der Waals surface area contributed by atoms with Crippen molar-refractivity contribution in [1.82, 2.24) is 10.2 Å². The van der Waals surface area contributed by atoms with E-state index in [9.17, 15) is 4.79 Å². The Hall–Kier alpha value is -3.75. The second-order valence-corrected chi connectivity index (χ2v) is 11.0. The molecule has 0 radical (unpaired) electrons. The van der Waals surface area contributed by atoms with Gasteiger partial charge in [-0.15, -0.1) is 0 Å². The van der Waals surface area contributed by atoms with Gasteiger partial charge in [0.25, 0.3) is 5.91 Å². The van der Waals surface area contributed by atoms with Gasteiger partial charge in [0.15, 0.2) is 11.5 Å². The van der Waals surface area contributed by atoms with Crippen molar-refractivity contribution >= 4 is 5.91 Å². The Morgan fingerprint density at radius 2 is 1.69 bits per heavy atom. The molecule has 0 aliphatic carbocycles. The minimum atomic E-state index is -0.177. The topological polar surface area (TPSA) is 78.5 Å². The fourth-order valence-electron chi connectivity index (χ4n) is 5.05. The maximum absolute atomic E-state index is 13.3. The molecule has 0 aromatic heterocycles. The number of nitrogens with one attached hydrogen (secondary N) is 1. The number of hydrogen-bond acceptors (Lipinski definition) is 7. The van der Waals surface area contributed by atoms with Gasteiger partial charge in [-0.05, 0) is 71.5 Å². The third-order valence-corrected chi connectivity index (χ3v) is 7.35. The van der Waals surface area contributed by atoms with Crippen molar-refractivity contribution in [2.24, 2.45) is 5.92 Å². The summed E-state index contributed by atoms with van der Waals surface area (Å²) in [6.07, 6.45) is 1.81. The molecule has 0 fully saturated rings. The second-order valence-electron chi connectivity index (χ2n) is 11.0. The van der Waals surface area contributed by atoms with Crippen molar-refractivity contribution in [3.63, 3.8) is 0 Å². The first-order valence-corrected chi connectivity index (χ1v) is 14.6. The Morgan fingerprint density at radius 1 is 0.929 bits per heavy atom. The highest BCUT2D eigenvalue weighted by molar-refractivity contribution is 5.94. The summed E-state index contributed by atoms with van der Waals surface area (Å²) in [4.78, 5) is 15.7. The van der Waals surface area contributed by atoms with Crippen LogP contribution in [0.5, 0.6) is 23.0 Å². The standard InChI is InChI=1S/C34H44N2O6/c1-24(2)11-12-36-13-14-41-15-16-42-30-10-9-28(21-29(30)18-25-7-6-8-26(17-25)23-36)34(37)35-22-27-19-31(38-3)33(40-5)32(20-27)39-4/h6-10,17,19-21,24H,11-16,18,22-23H2,1-5H3,(H,35,37). The van der Waals surface area contributed by atoms with Crippen LogP contribution in [0.1, 0.15) is 52.9 Å². The molecule has 0 atom stereocenters. The summed E-state index contributed by atoms with van der Waals surface area (Å²) in [5, 5.41) is 3.02. The minimum Gasteiger partial charge on any atom is -0.493 e. The maximum atomic E-state index is 13.3. The molecular formula is C34H44N2O6. The molecule has 8 nitrogen and oxygen atoms in total. The number of nitrogens with zero attached hydrogens (tertiary/aromatic N) is 1. The molecule has 1 aliphatic rings. The molecule has 1 N–H and O–H groups in total. The summed E-state index contributed by atoms with van der Waals surface area (Å²) >= 11 is 0. The lowest BCUT2D eigenvalue weighted by Crippen LogP contribution is -2.29. The van der Waals surface area contributed by atoms with Gasteiger partial charge in [-0.1, -0.05) is 38.1 Å². The monoisotopic (exact) mass is 576 g/mol. The maximum Gasteiger partial charge on any atom is 0.251 e. The molecule has 8 heteroatoms. The molecule has 2 bridgehead atoms. The van der Waals surface area contributed by atoms with Crippen LogP contribution in [0.15, 0.2) is 54.6 Å². The molecular weight excluding hydrogens is 532 g/mol. The molecule has 1 heterocycles. The van der Waals surface area contributed by atoms with Crippen LogP contribution >= 0.6 is 0 Å². The smallest absolute Gasteiger partial charge is 0.251 e. The number of carbonyl (C=O) groups excluding carboxylic acids is 1. The van der Waals surface area contributed by atoms with Crippen molar-refractivity contribution in [3.05, 3.63) is 82.4 Å². The largest absolute Gasteiger partial charge is 0.493 e. The van der Waals surface area contributed by atoms with Crippen molar-refractivity contribution in [1.29, 1.82) is 0 Å². The third kappa shape index (κ3) is 8.63. The quantitative estimate of drug-likeness (QED) is 0.361. The number of carbonyl (C=O) groups is 1. The Morgan fingerprint density at radius 3 is 2.40 bits per heavy atom. The zero-order valence-electron chi connectivity index (χ0n) is 25.5. The average molecular weight is 577 g/mol. The van der Waals surface area contributed by atoms with E-state index in [2.05, 4.69) is 48.3 Å². The van der Waals surface area contributed by atoms with Gasteiger partial charge in [0.1, 0.15) is 12.4 Å². The summed E-state index contributed by atoms with van der Waals surface area (Å²) in [5.41, 5.74) is 4.82. The normalized spacial score (nSPS) is 14.3. The van der Waals surface area contributed by atoms with E-state index in [1.165, 1.54) is 11.1 Å². The van der Waals surface area contributed by atoms with E-state index in [4.69, 9.17) is 23.7 Å². The van der Waals surface area contributed by atoms with E-state index in [0.29, 0.717) is 61.5 Å². The van der Waals surface area contributed by atoms with Gasteiger partial charge in [-0.3, -0.25) is 9.69 Å². The summed E-state index contributed by atoms with van der Waals surface area (Å²) in [6, 6.07) is 18.0. The highest BCUT2D eigenvalue weighted by atomic mass is 16.5. The van der Waals surface area contributed by atoms with E-state index in [1.54, 1.807) is 27.4 Å². The number of hydrogen-bond donors (Lipinski definition) is 1. The Balaban J connectivity index is 1.52. The number of amides is 1. The van der Waals surface area contributed by atoms with E-state index >= 15 is 0 Å². The van der Waals surface area contributed by atoms with Crippen LogP contribution < -0.4 is 24.3 Å². The minimum absolute atomic E-state index is 0.177. The van der Waals surface area contributed by atoms with Crippen molar-refractivity contribution in [2.75, 3.05) is 54.2 Å². The fourth-order valence-corrected chi connectivity index (χ4v) is 5.05. The zero-order chi connectivity index (χ0) is 29.9. The lowest BCUT2D eigenvalue weighted by molar-refractivity contribution is 0.0764. The summed E-state index contributed by atoms with van der Waals surface area (Å²) in [5.74, 6) is 2.84. The fraction of sp³-hybridized carbons (Fsp3) is 0.441. The molecule has 3 aromatic rings. The van der Waals surface area contributed by atoms with Crippen molar-refractivity contribution in [3.8, 4) is 23.0 Å². The van der Waals surface area contributed by atoms with Crippen molar-refractivity contribution in [2.45, 2.75) is 39.8 Å². The highest BCUT2D eigenvalue weighted by Crippen LogP contribution is 2.38. The predicted octanol–water partition coefficient (Wildman–Crippen LogP) is 5.49. The van der Waals surface area contributed by atoms with Gasteiger partial charge in [0, 0.05) is 31.6 Å². The van der Waals surface area contributed by atoms with Gasteiger partial charge in [-0.2, -0.15) is 0 Å². The van der Waals surface area contributed by atoms with Gasteiger partial charge in [0.2, 0.25) is 5.75 Å². The van der Waals surface area contributed by atoms with Gasteiger partial charge < -0.3 is 29.0 Å².